The summed E-state index contributed by atoms with van der Waals surface area (Å²) < 4.78 is 28.6. The van der Waals surface area contributed by atoms with Gasteiger partial charge in [-0.25, -0.2) is 13.2 Å². The van der Waals surface area contributed by atoms with Crippen LogP contribution in [-0.2, 0) is 22.9 Å². The first-order valence-electron chi connectivity index (χ1n) is 11.8. The van der Waals surface area contributed by atoms with Crippen molar-refractivity contribution >= 4 is 27.4 Å². The predicted octanol–water partition coefficient (Wildman–Crippen LogP) is 2.79. The summed E-state index contributed by atoms with van der Waals surface area (Å²) in [4.78, 5) is 19.7. The zero-order valence-electron chi connectivity index (χ0n) is 20.4. The fourth-order valence-electron chi connectivity index (χ4n) is 4.10. The van der Waals surface area contributed by atoms with Gasteiger partial charge in [0.05, 0.1) is 11.0 Å². The van der Waals surface area contributed by atoms with E-state index in [4.69, 9.17) is 0 Å². The number of carbonyl (C=O) groups excluding carboxylic acids is 1. The van der Waals surface area contributed by atoms with Gasteiger partial charge in [-0.2, -0.15) is 0 Å². The van der Waals surface area contributed by atoms with Crippen LogP contribution in [0.3, 0.4) is 0 Å². The van der Waals surface area contributed by atoms with E-state index in [0.29, 0.717) is 31.7 Å². The molecule has 10 heteroatoms. The molecule has 2 amide bonds. The Balaban J connectivity index is 1.31. The lowest BCUT2D eigenvalue weighted by Gasteiger charge is -2.22. The summed E-state index contributed by atoms with van der Waals surface area (Å²) in [5, 5.41) is 13.4. The largest absolute Gasteiger partial charge is 0.387 e. The van der Waals surface area contributed by atoms with E-state index in [0.717, 1.165) is 28.8 Å². The number of urea groups is 1. The zero-order chi connectivity index (χ0) is 25.7. The summed E-state index contributed by atoms with van der Waals surface area (Å²) in [5.41, 5.74) is 3.88. The monoisotopic (exact) mass is 509 g/mol. The summed E-state index contributed by atoms with van der Waals surface area (Å²) in [6.45, 7) is 1.62. The Kier molecular flexibility index (Phi) is 7.88. The van der Waals surface area contributed by atoms with Gasteiger partial charge in [0.1, 0.15) is 0 Å². The fourth-order valence-corrected chi connectivity index (χ4v) is 5.21. The van der Waals surface area contributed by atoms with E-state index < -0.39 is 16.1 Å². The Morgan fingerprint density at radius 2 is 1.94 bits per heavy atom. The molecule has 0 aliphatic carbocycles. The molecule has 3 aromatic rings. The minimum atomic E-state index is -3.77. The lowest BCUT2D eigenvalue weighted by Crippen LogP contribution is -2.38. The Bertz CT molecular complexity index is 1300. The van der Waals surface area contributed by atoms with Crippen LogP contribution >= 0.6 is 0 Å². The van der Waals surface area contributed by atoms with Gasteiger partial charge in [0.25, 0.3) is 10.0 Å². The second kappa shape index (κ2) is 11.1. The Labute approximate surface area is 211 Å². The molecule has 3 N–H and O–H groups in total. The van der Waals surface area contributed by atoms with Crippen molar-refractivity contribution in [3.05, 3.63) is 83.7 Å². The fraction of sp³-hybridized carbons (Fsp3) is 0.308. The van der Waals surface area contributed by atoms with Crippen LogP contribution in [0.4, 0.5) is 16.2 Å². The lowest BCUT2D eigenvalue weighted by molar-refractivity contribution is 0.174. The SMILES string of the molecule is CN(C)C(=O)N1CCc2cc(S(=O)(=O)Nc3ccc(CCNC[C@H](O)c4cccnc4)cc3)ccc21. The van der Waals surface area contributed by atoms with Crippen LogP contribution in [0.2, 0.25) is 0 Å². The Hall–Kier alpha value is -3.47. The van der Waals surface area contributed by atoms with Crippen molar-refractivity contribution in [2.24, 2.45) is 0 Å². The van der Waals surface area contributed by atoms with Gasteiger partial charge in [-0.05, 0) is 66.9 Å². The van der Waals surface area contributed by atoms with Gasteiger partial charge in [0, 0.05) is 56.5 Å². The molecule has 190 valence electrons. The minimum Gasteiger partial charge on any atom is -0.387 e. The second-order valence-corrected chi connectivity index (χ2v) is 10.6. The maximum atomic E-state index is 13.0. The zero-order valence-corrected chi connectivity index (χ0v) is 21.2. The number of aliphatic hydroxyl groups excluding tert-OH is 1. The molecular formula is C26H31N5O4S. The molecule has 2 aromatic carbocycles. The van der Waals surface area contributed by atoms with Crippen LogP contribution in [0.5, 0.6) is 0 Å². The molecule has 36 heavy (non-hydrogen) atoms. The van der Waals surface area contributed by atoms with Crippen molar-refractivity contribution < 1.29 is 18.3 Å². The van der Waals surface area contributed by atoms with E-state index in [2.05, 4.69) is 15.0 Å². The first-order valence-corrected chi connectivity index (χ1v) is 13.2. The molecule has 2 heterocycles. The number of aliphatic hydroxyl groups is 1. The number of sulfonamides is 1. The molecule has 1 atom stereocenters. The quantitative estimate of drug-likeness (QED) is 0.382. The van der Waals surface area contributed by atoms with Crippen LogP contribution < -0.4 is 14.9 Å². The van der Waals surface area contributed by atoms with Gasteiger partial charge in [0.2, 0.25) is 0 Å². The Morgan fingerprint density at radius 1 is 1.17 bits per heavy atom. The molecule has 1 aromatic heterocycles. The number of hydrogen-bond donors (Lipinski definition) is 3. The third kappa shape index (κ3) is 6.01. The van der Waals surface area contributed by atoms with Gasteiger partial charge in [-0.1, -0.05) is 18.2 Å². The molecule has 9 nitrogen and oxygen atoms in total. The van der Waals surface area contributed by atoms with Gasteiger partial charge in [0.15, 0.2) is 0 Å². The number of hydrogen-bond acceptors (Lipinski definition) is 6. The molecular weight excluding hydrogens is 478 g/mol. The first kappa shape index (κ1) is 25.6. The van der Waals surface area contributed by atoms with E-state index >= 15 is 0 Å². The number of nitrogens with zero attached hydrogens (tertiary/aromatic N) is 3. The molecule has 4 rings (SSSR count). The first-order chi connectivity index (χ1) is 17.2. The molecule has 1 aliphatic rings. The number of benzene rings is 2. The van der Waals surface area contributed by atoms with Crippen LogP contribution in [-0.4, -0.2) is 63.2 Å². The highest BCUT2D eigenvalue weighted by Gasteiger charge is 2.27. The average molecular weight is 510 g/mol. The lowest BCUT2D eigenvalue weighted by atomic mass is 10.1. The second-order valence-electron chi connectivity index (χ2n) is 8.93. The summed E-state index contributed by atoms with van der Waals surface area (Å²) in [6.07, 6.45) is 4.05. The molecule has 1 aliphatic heterocycles. The normalized spacial score (nSPS) is 13.8. The van der Waals surface area contributed by atoms with E-state index in [-0.39, 0.29) is 10.9 Å². The number of aromatic nitrogens is 1. The van der Waals surface area contributed by atoms with Gasteiger partial charge in [-0.15, -0.1) is 0 Å². The number of amides is 2. The number of fused-ring (bicyclic) bond motifs is 1. The number of carbonyl (C=O) groups is 1. The summed E-state index contributed by atoms with van der Waals surface area (Å²) in [6, 6.07) is 15.6. The van der Waals surface area contributed by atoms with Crippen LogP contribution in [0, 0.1) is 0 Å². The minimum absolute atomic E-state index is 0.123. The maximum Gasteiger partial charge on any atom is 0.323 e. The highest BCUT2D eigenvalue weighted by atomic mass is 32.2. The third-order valence-electron chi connectivity index (χ3n) is 6.07. The van der Waals surface area contributed by atoms with E-state index in [1.54, 1.807) is 61.7 Å². The number of rotatable bonds is 9. The van der Waals surface area contributed by atoms with Crippen LogP contribution in [0.15, 0.2) is 71.9 Å². The third-order valence-corrected chi connectivity index (χ3v) is 7.45. The standard InChI is InChI=1S/C26H31N5O4S/c1-30(2)26(33)31-15-12-20-16-23(9-10-24(20)31)36(34,35)29-22-7-5-19(6-8-22)11-14-28-18-25(32)21-4-3-13-27-17-21/h3-10,13,16-17,25,28-29,32H,11-12,14-15,18H2,1-2H3/t25-/m0/s1. The number of pyridine rings is 1. The topological polar surface area (TPSA) is 115 Å². The van der Waals surface area contributed by atoms with E-state index in [9.17, 15) is 18.3 Å². The molecule has 0 unspecified atom stereocenters. The smallest absolute Gasteiger partial charge is 0.323 e. The van der Waals surface area contributed by atoms with Crippen LogP contribution in [0.25, 0.3) is 0 Å². The van der Waals surface area contributed by atoms with Crippen molar-refractivity contribution in [3.63, 3.8) is 0 Å². The Morgan fingerprint density at radius 3 is 2.64 bits per heavy atom. The van der Waals surface area contributed by atoms with Crippen molar-refractivity contribution in [2.75, 3.05) is 43.4 Å². The molecule has 0 bridgehead atoms. The highest BCUT2D eigenvalue weighted by Crippen LogP contribution is 2.31. The molecule has 0 radical (unpaired) electrons. The number of anilines is 2. The van der Waals surface area contributed by atoms with E-state index in [1.165, 1.54) is 11.0 Å². The summed E-state index contributed by atoms with van der Waals surface area (Å²) in [7, 11) is -0.380. The maximum absolute atomic E-state index is 13.0. The van der Waals surface area contributed by atoms with E-state index in [1.807, 2.05) is 18.2 Å². The predicted molar refractivity (Wildman–Crippen MR) is 140 cm³/mol. The highest BCUT2D eigenvalue weighted by molar-refractivity contribution is 7.92. The molecule has 0 spiro atoms. The van der Waals surface area contributed by atoms with Crippen molar-refractivity contribution in [2.45, 2.75) is 23.8 Å². The summed E-state index contributed by atoms with van der Waals surface area (Å²) in [5.74, 6) is 0. The van der Waals surface area contributed by atoms with Crippen molar-refractivity contribution in [3.8, 4) is 0 Å². The van der Waals surface area contributed by atoms with Crippen molar-refractivity contribution in [1.29, 1.82) is 0 Å². The number of nitrogens with one attached hydrogen (secondary N) is 2. The molecule has 0 saturated heterocycles. The van der Waals surface area contributed by atoms with Crippen LogP contribution in [0.1, 0.15) is 22.8 Å². The van der Waals surface area contributed by atoms with Crippen molar-refractivity contribution in [1.82, 2.24) is 15.2 Å². The molecule has 0 saturated carbocycles. The summed E-state index contributed by atoms with van der Waals surface area (Å²) >= 11 is 0. The van der Waals surface area contributed by atoms with Gasteiger partial charge in [-0.3, -0.25) is 14.6 Å². The van der Waals surface area contributed by atoms with Gasteiger partial charge < -0.3 is 15.3 Å². The van der Waals surface area contributed by atoms with Gasteiger partial charge >= 0.3 is 6.03 Å². The molecule has 0 fully saturated rings. The average Bonchev–Trinajstić information content (AvgIpc) is 3.30.